The van der Waals surface area contributed by atoms with Gasteiger partial charge in [-0.3, -0.25) is 4.79 Å². The van der Waals surface area contributed by atoms with Crippen molar-refractivity contribution < 1.29 is 13.6 Å². The predicted octanol–water partition coefficient (Wildman–Crippen LogP) is 3.43. The first-order valence-electron chi connectivity index (χ1n) is 7.03. The Morgan fingerprint density at radius 3 is 2.32 bits per heavy atom. The summed E-state index contributed by atoms with van der Waals surface area (Å²) in [6, 6.07) is 13.3. The normalized spacial score (nSPS) is 10.3. The summed E-state index contributed by atoms with van der Waals surface area (Å²) in [5.74, 6) is -1.41. The van der Waals surface area contributed by atoms with Gasteiger partial charge in [0.05, 0.1) is 0 Å². The fourth-order valence-corrected chi connectivity index (χ4v) is 2.10. The standard InChI is InChI=1S/C17H18F2N2O/c1-21(12-13-6-3-2-4-7-13)16(22)10-11-20-17-14(18)8-5-9-15(17)19/h2-9,20H,10-12H2,1H3. The lowest BCUT2D eigenvalue weighted by Gasteiger charge is -2.17. The monoisotopic (exact) mass is 304 g/mol. The van der Waals surface area contributed by atoms with E-state index in [9.17, 15) is 13.6 Å². The average Bonchev–Trinajstić information content (AvgIpc) is 2.51. The third-order valence-corrected chi connectivity index (χ3v) is 3.29. The van der Waals surface area contributed by atoms with Gasteiger partial charge in [-0.2, -0.15) is 0 Å². The molecule has 0 aliphatic carbocycles. The third-order valence-electron chi connectivity index (χ3n) is 3.29. The summed E-state index contributed by atoms with van der Waals surface area (Å²) in [6.07, 6.45) is 0.164. The second-order valence-corrected chi connectivity index (χ2v) is 5.01. The summed E-state index contributed by atoms with van der Waals surface area (Å²) >= 11 is 0. The highest BCUT2D eigenvalue weighted by atomic mass is 19.1. The summed E-state index contributed by atoms with van der Waals surface area (Å²) in [5.41, 5.74) is 0.840. The lowest BCUT2D eigenvalue weighted by molar-refractivity contribution is -0.130. The zero-order valence-corrected chi connectivity index (χ0v) is 12.4. The molecule has 0 spiro atoms. The van der Waals surface area contributed by atoms with Crippen molar-refractivity contribution in [3.05, 3.63) is 65.7 Å². The van der Waals surface area contributed by atoms with Crippen molar-refractivity contribution in [2.24, 2.45) is 0 Å². The van der Waals surface area contributed by atoms with Crippen LogP contribution >= 0.6 is 0 Å². The number of para-hydroxylation sites is 1. The van der Waals surface area contributed by atoms with E-state index in [-0.39, 0.29) is 24.6 Å². The van der Waals surface area contributed by atoms with E-state index in [0.29, 0.717) is 6.54 Å². The Morgan fingerprint density at radius 2 is 1.68 bits per heavy atom. The van der Waals surface area contributed by atoms with Gasteiger partial charge in [-0.05, 0) is 17.7 Å². The van der Waals surface area contributed by atoms with Gasteiger partial charge in [0.2, 0.25) is 5.91 Å². The average molecular weight is 304 g/mol. The van der Waals surface area contributed by atoms with Gasteiger partial charge < -0.3 is 10.2 Å². The molecule has 0 aliphatic heterocycles. The molecule has 2 aromatic carbocycles. The molecule has 116 valence electrons. The Bertz CT molecular complexity index is 612. The zero-order chi connectivity index (χ0) is 15.9. The second kappa shape index (κ2) is 7.54. The molecule has 0 fully saturated rings. The van der Waals surface area contributed by atoms with Crippen molar-refractivity contribution in [3.63, 3.8) is 0 Å². The van der Waals surface area contributed by atoms with E-state index in [4.69, 9.17) is 0 Å². The topological polar surface area (TPSA) is 32.3 Å². The van der Waals surface area contributed by atoms with E-state index >= 15 is 0 Å². The van der Waals surface area contributed by atoms with Crippen molar-refractivity contribution >= 4 is 11.6 Å². The van der Waals surface area contributed by atoms with E-state index in [1.165, 1.54) is 18.2 Å². The van der Waals surface area contributed by atoms with Gasteiger partial charge in [-0.1, -0.05) is 36.4 Å². The van der Waals surface area contributed by atoms with Gasteiger partial charge in [0, 0.05) is 26.6 Å². The van der Waals surface area contributed by atoms with Gasteiger partial charge in [0.15, 0.2) is 0 Å². The first-order valence-corrected chi connectivity index (χ1v) is 7.03. The number of carbonyl (C=O) groups excluding carboxylic acids is 1. The van der Waals surface area contributed by atoms with Crippen molar-refractivity contribution in [1.29, 1.82) is 0 Å². The molecule has 3 nitrogen and oxygen atoms in total. The minimum absolute atomic E-state index is 0.0897. The van der Waals surface area contributed by atoms with Gasteiger partial charge >= 0.3 is 0 Å². The molecule has 22 heavy (non-hydrogen) atoms. The maximum atomic E-state index is 13.4. The molecule has 0 saturated carbocycles. The molecule has 0 unspecified atom stereocenters. The van der Waals surface area contributed by atoms with Crippen molar-refractivity contribution in [1.82, 2.24) is 4.90 Å². The number of halogens is 2. The van der Waals surface area contributed by atoms with Crippen LogP contribution in [0.1, 0.15) is 12.0 Å². The summed E-state index contributed by atoms with van der Waals surface area (Å²) in [4.78, 5) is 13.6. The molecule has 0 aliphatic rings. The van der Waals surface area contributed by atoms with Crippen LogP contribution in [0.4, 0.5) is 14.5 Å². The Kier molecular flexibility index (Phi) is 5.47. The third kappa shape index (κ3) is 4.28. The molecule has 0 bridgehead atoms. The SMILES string of the molecule is CN(Cc1ccccc1)C(=O)CCNc1c(F)cccc1F. The molecule has 5 heteroatoms. The van der Waals surface area contributed by atoms with E-state index in [1.54, 1.807) is 11.9 Å². The lowest BCUT2D eigenvalue weighted by Crippen LogP contribution is -2.27. The van der Waals surface area contributed by atoms with Gasteiger partial charge in [0.1, 0.15) is 17.3 Å². The van der Waals surface area contributed by atoms with Crippen molar-refractivity contribution in [2.75, 3.05) is 18.9 Å². The van der Waals surface area contributed by atoms with Crippen LogP contribution in [-0.2, 0) is 11.3 Å². The Labute approximate surface area is 128 Å². The smallest absolute Gasteiger partial charge is 0.224 e. The summed E-state index contributed by atoms with van der Waals surface area (Å²) in [6.45, 7) is 0.684. The number of hydrogen-bond donors (Lipinski definition) is 1. The maximum Gasteiger partial charge on any atom is 0.224 e. The predicted molar refractivity (Wildman–Crippen MR) is 82.4 cm³/mol. The van der Waals surface area contributed by atoms with Gasteiger partial charge in [-0.15, -0.1) is 0 Å². The second-order valence-electron chi connectivity index (χ2n) is 5.01. The van der Waals surface area contributed by atoms with Crippen LogP contribution in [0.5, 0.6) is 0 Å². The highest BCUT2D eigenvalue weighted by molar-refractivity contribution is 5.76. The summed E-state index contributed by atoms with van der Waals surface area (Å²) in [5, 5.41) is 2.63. The fraction of sp³-hybridized carbons (Fsp3) is 0.235. The first kappa shape index (κ1) is 15.9. The molecule has 2 aromatic rings. The van der Waals surface area contributed by atoms with Crippen LogP contribution in [0.25, 0.3) is 0 Å². The molecule has 0 atom stereocenters. The minimum atomic E-state index is -0.662. The summed E-state index contributed by atoms with van der Waals surface area (Å²) < 4.78 is 26.8. The lowest BCUT2D eigenvalue weighted by atomic mass is 10.2. The van der Waals surface area contributed by atoms with Crippen LogP contribution < -0.4 is 5.32 Å². The number of amides is 1. The Hall–Kier alpha value is -2.43. The van der Waals surface area contributed by atoms with Gasteiger partial charge in [0.25, 0.3) is 0 Å². The number of nitrogens with one attached hydrogen (secondary N) is 1. The molecule has 1 amide bonds. The van der Waals surface area contributed by atoms with E-state index in [0.717, 1.165) is 5.56 Å². The summed E-state index contributed by atoms with van der Waals surface area (Å²) in [7, 11) is 1.71. The Morgan fingerprint density at radius 1 is 1.05 bits per heavy atom. The van der Waals surface area contributed by atoms with E-state index in [1.807, 2.05) is 30.3 Å². The van der Waals surface area contributed by atoms with Crippen LogP contribution in [-0.4, -0.2) is 24.4 Å². The maximum absolute atomic E-state index is 13.4. The van der Waals surface area contributed by atoms with E-state index < -0.39 is 11.6 Å². The molecular formula is C17H18F2N2O. The van der Waals surface area contributed by atoms with Gasteiger partial charge in [-0.25, -0.2) is 8.78 Å². The molecule has 2 rings (SSSR count). The van der Waals surface area contributed by atoms with Crippen LogP contribution in [0.15, 0.2) is 48.5 Å². The zero-order valence-electron chi connectivity index (χ0n) is 12.4. The molecule has 0 saturated heterocycles. The highest BCUT2D eigenvalue weighted by Crippen LogP contribution is 2.17. The number of benzene rings is 2. The largest absolute Gasteiger partial charge is 0.380 e. The number of hydrogen-bond acceptors (Lipinski definition) is 2. The van der Waals surface area contributed by atoms with Crippen LogP contribution in [0, 0.1) is 11.6 Å². The fourth-order valence-electron chi connectivity index (χ4n) is 2.10. The van der Waals surface area contributed by atoms with Crippen molar-refractivity contribution in [3.8, 4) is 0 Å². The quantitative estimate of drug-likeness (QED) is 0.887. The number of carbonyl (C=O) groups is 1. The van der Waals surface area contributed by atoms with Crippen LogP contribution in [0.2, 0.25) is 0 Å². The van der Waals surface area contributed by atoms with Crippen molar-refractivity contribution in [2.45, 2.75) is 13.0 Å². The Balaban J connectivity index is 1.82. The molecule has 0 radical (unpaired) electrons. The number of rotatable bonds is 6. The molecule has 0 aromatic heterocycles. The van der Waals surface area contributed by atoms with E-state index in [2.05, 4.69) is 5.32 Å². The first-order chi connectivity index (χ1) is 10.6. The number of anilines is 1. The highest BCUT2D eigenvalue weighted by Gasteiger charge is 2.11. The molecular weight excluding hydrogens is 286 g/mol. The minimum Gasteiger partial charge on any atom is -0.380 e. The van der Waals surface area contributed by atoms with Crippen LogP contribution in [0.3, 0.4) is 0 Å². The molecule has 0 heterocycles. The molecule has 1 N–H and O–H groups in total. The number of nitrogens with zero attached hydrogens (tertiary/aromatic N) is 1.